The summed E-state index contributed by atoms with van der Waals surface area (Å²) in [5.41, 5.74) is 0. The zero-order chi connectivity index (χ0) is 17.1. The van der Waals surface area contributed by atoms with Crippen LogP contribution in [0.4, 0.5) is 5.95 Å². The molecule has 0 bridgehead atoms. The van der Waals surface area contributed by atoms with E-state index >= 15 is 0 Å². The third-order valence-corrected chi connectivity index (χ3v) is 4.93. The van der Waals surface area contributed by atoms with E-state index < -0.39 is 0 Å². The maximum atomic E-state index is 12.6. The molecule has 2 amide bonds. The van der Waals surface area contributed by atoms with Crippen LogP contribution in [-0.2, 0) is 9.59 Å². The van der Waals surface area contributed by atoms with Gasteiger partial charge in [-0.1, -0.05) is 0 Å². The molecule has 1 saturated heterocycles. The summed E-state index contributed by atoms with van der Waals surface area (Å²) in [7, 11) is 0. The summed E-state index contributed by atoms with van der Waals surface area (Å²) in [6.07, 6.45) is 4.16. The lowest BCUT2D eigenvalue weighted by atomic mass is 10.2. The van der Waals surface area contributed by atoms with Gasteiger partial charge in [0, 0.05) is 51.7 Å². The molecule has 1 aliphatic carbocycles. The molecular weight excluding hydrogens is 306 g/mol. The number of anilines is 1. The van der Waals surface area contributed by atoms with Gasteiger partial charge in [-0.25, -0.2) is 9.97 Å². The van der Waals surface area contributed by atoms with Crippen molar-refractivity contribution in [1.29, 1.82) is 0 Å². The number of amides is 2. The fraction of sp³-hybridized carbons (Fsp3) is 0.647. The van der Waals surface area contributed by atoms with Crippen molar-refractivity contribution in [2.45, 2.75) is 20.3 Å². The van der Waals surface area contributed by atoms with E-state index in [1.54, 1.807) is 18.5 Å². The quantitative estimate of drug-likeness (QED) is 0.791. The first-order valence-electron chi connectivity index (χ1n) is 8.75. The highest BCUT2D eigenvalue weighted by Crippen LogP contribution is 2.41. The molecule has 0 aromatic carbocycles. The highest BCUT2D eigenvalue weighted by atomic mass is 16.2. The van der Waals surface area contributed by atoms with E-state index in [1.807, 2.05) is 23.6 Å². The Kier molecular flexibility index (Phi) is 4.97. The van der Waals surface area contributed by atoms with Crippen LogP contribution < -0.4 is 4.90 Å². The summed E-state index contributed by atoms with van der Waals surface area (Å²) < 4.78 is 0. The number of carbonyl (C=O) groups is 2. The van der Waals surface area contributed by atoms with Gasteiger partial charge in [0.05, 0.1) is 11.8 Å². The second-order valence-corrected chi connectivity index (χ2v) is 6.32. The number of hydrogen-bond acceptors (Lipinski definition) is 5. The molecule has 2 aliphatic rings. The van der Waals surface area contributed by atoms with Gasteiger partial charge >= 0.3 is 0 Å². The van der Waals surface area contributed by atoms with E-state index in [9.17, 15) is 9.59 Å². The van der Waals surface area contributed by atoms with Crippen molar-refractivity contribution in [2.24, 2.45) is 11.8 Å². The summed E-state index contributed by atoms with van der Waals surface area (Å²) in [4.78, 5) is 39.3. The SMILES string of the molecule is CCN(CC)C(=O)C1CC1C(=O)N1CCN(c2ncccn2)CC1. The Labute approximate surface area is 142 Å². The fourth-order valence-electron chi connectivity index (χ4n) is 3.33. The van der Waals surface area contributed by atoms with Crippen molar-refractivity contribution in [3.8, 4) is 0 Å². The molecule has 24 heavy (non-hydrogen) atoms. The van der Waals surface area contributed by atoms with Crippen LogP contribution in [0.15, 0.2) is 18.5 Å². The Hall–Kier alpha value is -2.18. The Morgan fingerprint density at radius 3 is 2.29 bits per heavy atom. The molecule has 0 radical (unpaired) electrons. The molecule has 0 N–H and O–H groups in total. The molecule has 130 valence electrons. The molecule has 1 aromatic rings. The maximum absolute atomic E-state index is 12.6. The van der Waals surface area contributed by atoms with Crippen LogP contribution in [0, 0.1) is 11.8 Å². The van der Waals surface area contributed by atoms with Gasteiger partial charge in [0.15, 0.2) is 0 Å². The van der Waals surface area contributed by atoms with E-state index in [0.29, 0.717) is 38.5 Å². The number of nitrogens with zero attached hydrogens (tertiary/aromatic N) is 5. The Morgan fingerprint density at radius 1 is 1.08 bits per heavy atom. The van der Waals surface area contributed by atoms with Gasteiger partial charge < -0.3 is 14.7 Å². The molecule has 7 heteroatoms. The number of rotatable bonds is 5. The zero-order valence-electron chi connectivity index (χ0n) is 14.4. The summed E-state index contributed by atoms with van der Waals surface area (Å²) in [5.74, 6) is 0.764. The third-order valence-electron chi connectivity index (χ3n) is 4.93. The predicted molar refractivity (Wildman–Crippen MR) is 90.4 cm³/mol. The molecule has 7 nitrogen and oxygen atoms in total. The summed E-state index contributed by atoms with van der Waals surface area (Å²) >= 11 is 0. The fourth-order valence-corrected chi connectivity index (χ4v) is 3.33. The average Bonchev–Trinajstić information content (AvgIpc) is 3.44. The largest absolute Gasteiger partial charge is 0.343 e. The Morgan fingerprint density at radius 2 is 1.71 bits per heavy atom. The van der Waals surface area contributed by atoms with Crippen LogP contribution >= 0.6 is 0 Å². The molecule has 2 atom stereocenters. The minimum atomic E-state index is -0.113. The minimum Gasteiger partial charge on any atom is -0.343 e. The Bertz CT molecular complexity index is 582. The first-order valence-corrected chi connectivity index (χ1v) is 8.75. The molecule has 1 saturated carbocycles. The Balaban J connectivity index is 1.51. The van der Waals surface area contributed by atoms with E-state index in [0.717, 1.165) is 13.1 Å². The van der Waals surface area contributed by atoms with Crippen LogP contribution in [-0.4, -0.2) is 70.9 Å². The third kappa shape index (κ3) is 3.34. The van der Waals surface area contributed by atoms with Crippen molar-refractivity contribution in [2.75, 3.05) is 44.2 Å². The topological polar surface area (TPSA) is 69.6 Å². The van der Waals surface area contributed by atoms with Gasteiger partial charge in [-0.2, -0.15) is 0 Å². The lowest BCUT2D eigenvalue weighted by Gasteiger charge is -2.34. The van der Waals surface area contributed by atoms with Crippen LogP contribution in [0.3, 0.4) is 0 Å². The van der Waals surface area contributed by atoms with E-state index in [2.05, 4.69) is 14.9 Å². The molecule has 0 spiro atoms. The number of aromatic nitrogens is 2. The first kappa shape index (κ1) is 16.7. The van der Waals surface area contributed by atoms with Gasteiger partial charge in [-0.05, 0) is 26.3 Å². The molecule has 2 unspecified atom stereocenters. The molecule has 2 heterocycles. The van der Waals surface area contributed by atoms with Crippen LogP contribution in [0.25, 0.3) is 0 Å². The zero-order valence-corrected chi connectivity index (χ0v) is 14.4. The molecule has 2 fully saturated rings. The standard InChI is InChI=1S/C17H25N5O2/c1-3-20(4-2)15(23)13-12-14(13)16(24)21-8-10-22(11-9-21)17-18-6-5-7-19-17/h5-7,13-14H,3-4,8-12H2,1-2H3. The van der Waals surface area contributed by atoms with Crippen LogP contribution in [0.5, 0.6) is 0 Å². The lowest BCUT2D eigenvalue weighted by Crippen LogP contribution is -2.50. The second kappa shape index (κ2) is 7.15. The van der Waals surface area contributed by atoms with Gasteiger partial charge in [-0.15, -0.1) is 0 Å². The van der Waals surface area contributed by atoms with Crippen molar-refractivity contribution in [3.63, 3.8) is 0 Å². The molecule has 1 aromatic heterocycles. The normalized spacial score (nSPS) is 23.1. The minimum absolute atomic E-state index is 0.104. The predicted octanol–water partition coefficient (Wildman–Crippen LogP) is 0.630. The van der Waals surface area contributed by atoms with Crippen LogP contribution in [0.2, 0.25) is 0 Å². The van der Waals surface area contributed by atoms with Gasteiger partial charge in [-0.3, -0.25) is 9.59 Å². The van der Waals surface area contributed by atoms with Gasteiger partial charge in [0.25, 0.3) is 0 Å². The molecule has 1 aliphatic heterocycles. The first-order chi connectivity index (χ1) is 11.7. The van der Waals surface area contributed by atoms with Gasteiger partial charge in [0.2, 0.25) is 17.8 Å². The summed E-state index contributed by atoms with van der Waals surface area (Å²) in [6, 6.07) is 1.80. The highest BCUT2D eigenvalue weighted by Gasteiger charge is 2.50. The summed E-state index contributed by atoms with van der Waals surface area (Å²) in [5, 5.41) is 0. The van der Waals surface area contributed by atoms with E-state index in [4.69, 9.17) is 0 Å². The van der Waals surface area contributed by atoms with Gasteiger partial charge in [0.1, 0.15) is 0 Å². The molecular formula is C17H25N5O2. The average molecular weight is 331 g/mol. The smallest absolute Gasteiger partial charge is 0.226 e. The molecule has 3 rings (SSSR count). The second-order valence-electron chi connectivity index (χ2n) is 6.32. The number of carbonyl (C=O) groups excluding carboxylic acids is 2. The van der Waals surface area contributed by atoms with Crippen molar-refractivity contribution in [3.05, 3.63) is 18.5 Å². The summed E-state index contributed by atoms with van der Waals surface area (Å²) in [6.45, 7) is 8.18. The maximum Gasteiger partial charge on any atom is 0.226 e. The number of piperazine rings is 1. The van der Waals surface area contributed by atoms with Crippen molar-refractivity contribution < 1.29 is 9.59 Å². The lowest BCUT2D eigenvalue weighted by molar-refractivity contribution is -0.138. The van der Waals surface area contributed by atoms with Crippen molar-refractivity contribution >= 4 is 17.8 Å². The monoisotopic (exact) mass is 331 g/mol. The van der Waals surface area contributed by atoms with Crippen molar-refractivity contribution in [1.82, 2.24) is 19.8 Å². The van der Waals surface area contributed by atoms with E-state index in [-0.39, 0.29) is 23.7 Å². The van der Waals surface area contributed by atoms with E-state index in [1.165, 1.54) is 0 Å². The van der Waals surface area contributed by atoms with Crippen LogP contribution in [0.1, 0.15) is 20.3 Å². The highest BCUT2D eigenvalue weighted by molar-refractivity contribution is 5.92. The number of hydrogen-bond donors (Lipinski definition) is 0.